The van der Waals surface area contributed by atoms with Gasteiger partial charge in [0.1, 0.15) is 0 Å². The molecule has 0 radical (unpaired) electrons. The minimum atomic E-state index is 0.652. The topological polar surface area (TPSA) is 12.0 Å². The van der Waals surface area contributed by atoms with E-state index in [4.69, 9.17) is 0 Å². The maximum atomic E-state index is 3.28. The molecular weight excluding hydrogens is 178 g/mol. The summed E-state index contributed by atoms with van der Waals surface area (Å²) in [7, 11) is 2.04. The molecule has 3 atom stereocenters. The number of nitrogens with one attached hydrogen (secondary N) is 1. The third-order valence-electron chi connectivity index (χ3n) is 2.54. The van der Waals surface area contributed by atoms with Gasteiger partial charge in [0.25, 0.3) is 0 Å². The zero-order valence-corrected chi connectivity index (χ0v) is 10.6. The van der Waals surface area contributed by atoms with E-state index >= 15 is 0 Å². The normalized spacial score (nSPS) is 18.2. The SMILES string of the molecule is CCC(C)CSC(C)CC(C)NC. The molecule has 0 aliphatic heterocycles. The van der Waals surface area contributed by atoms with Crippen molar-refractivity contribution in [1.29, 1.82) is 0 Å². The molecule has 80 valence electrons. The molecule has 0 rings (SSSR count). The Hall–Kier alpha value is 0.310. The molecule has 0 aromatic carbocycles. The van der Waals surface area contributed by atoms with Crippen LogP contribution in [-0.2, 0) is 0 Å². The molecule has 0 amide bonds. The lowest BCUT2D eigenvalue weighted by atomic mass is 10.2. The highest BCUT2D eigenvalue weighted by atomic mass is 32.2. The Morgan fingerprint density at radius 1 is 1.23 bits per heavy atom. The van der Waals surface area contributed by atoms with Gasteiger partial charge in [0.2, 0.25) is 0 Å². The molecule has 0 heterocycles. The summed E-state index contributed by atoms with van der Waals surface area (Å²) in [5.41, 5.74) is 0. The highest BCUT2D eigenvalue weighted by Gasteiger charge is 2.08. The number of thioether (sulfide) groups is 1. The summed E-state index contributed by atoms with van der Waals surface area (Å²) in [5.74, 6) is 2.19. The van der Waals surface area contributed by atoms with Crippen LogP contribution in [0.15, 0.2) is 0 Å². The summed E-state index contributed by atoms with van der Waals surface area (Å²) < 4.78 is 0. The molecule has 0 aliphatic carbocycles. The summed E-state index contributed by atoms with van der Waals surface area (Å²) in [6, 6.07) is 0.652. The smallest absolute Gasteiger partial charge is 0.00461 e. The van der Waals surface area contributed by atoms with E-state index in [0.29, 0.717) is 6.04 Å². The second kappa shape index (κ2) is 7.69. The van der Waals surface area contributed by atoms with Crippen molar-refractivity contribution >= 4 is 11.8 Å². The monoisotopic (exact) mass is 203 g/mol. The highest BCUT2D eigenvalue weighted by Crippen LogP contribution is 2.20. The second-order valence-electron chi connectivity index (χ2n) is 4.08. The fourth-order valence-electron chi connectivity index (χ4n) is 1.13. The molecule has 3 unspecified atom stereocenters. The van der Waals surface area contributed by atoms with Crippen LogP contribution in [0.4, 0.5) is 0 Å². The maximum Gasteiger partial charge on any atom is 0.00461 e. The van der Waals surface area contributed by atoms with E-state index in [1.165, 1.54) is 18.6 Å². The van der Waals surface area contributed by atoms with Crippen LogP contribution in [0.1, 0.15) is 40.5 Å². The van der Waals surface area contributed by atoms with Crippen molar-refractivity contribution < 1.29 is 0 Å². The van der Waals surface area contributed by atoms with E-state index in [1.807, 2.05) is 7.05 Å². The first-order valence-corrected chi connectivity index (χ1v) is 6.43. The average Bonchev–Trinajstić information content (AvgIpc) is 2.13. The van der Waals surface area contributed by atoms with Gasteiger partial charge in [-0.25, -0.2) is 0 Å². The van der Waals surface area contributed by atoms with Crippen LogP contribution < -0.4 is 5.32 Å². The van der Waals surface area contributed by atoms with Crippen molar-refractivity contribution in [2.75, 3.05) is 12.8 Å². The first-order chi connectivity index (χ1) is 6.10. The van der Waals surface area contributed by atoms with Crippen LogP contribution in [0.3, 0.4) is 0 Å². The zero-order chi connectivity index (χ0) is 10.3. The summed E-state index contributed by atoms with van der Waals surface area (Å²) in [4.78, 5) is 0. The summed E-state index contributed by atoms with van der Waals surface area (Å²) in [5, 5.41) is 4.07. The Morgan fingerprint density at radius 2 is 1.85 bits per heavy atom. The third-order valence-corrected chi connectivity index (χ3v) is 4.06. The van der Waals surface area contributed by atoms with Gasteiger partial charge in [-0.05, 0) is 32.1 Å². The lowest BCUT2D eigenvalue weighted by molar-refractivity contribution is 0.562. The number of rotatable bonds is 7. The largest absolute Gasteiger partial charge is 0.317 e. The predicted molar refractivity (Wildman–Crippen MR) is 64.5 cm³/mol. The lowest BCUT2D eigenvalue weighted by Crippen LogP contribution is -2.24. The standard InChI is InChI=1S/C11H25NS/c1-6-9(2)8-13-11(4)7-10(3)12-5/h9-12H,6-8H2,1-5H3. The van der Waals surface area contributed by atoms with E-state index in [-0.39, 0.29) is 0 Å². The number of hydrogen-bond donors (Lipinski definition) is 1. The molecule has 2 heteroatoms. The molecule has 0 saturated heterocycles. The van der Waals surface area contributed by atoms with Gasteiger partial charge in [-0.2, -0.15) is 11.8 Å². The first kappa shape index (κ1) is 13.3. The minimum Gasteiger partial charge on any atom is -0.317 e. The first-order valence-electron chi connectivity index (χ1n) is 5.39. The van der Waals surface area contributed by atoms with E-state index in [2.05, 4.69) is 44.8 Å². The van der Waals surface area contributed by atoms with Gasteiger partial charge in [-0.15, -0.1) is 0 Å². The average molecular weight is 203 g/mol. The Kier molecular flexibility index (Phi) is 7.87. The number of hydrogen-bond acceptors (Lipinski definition) is 2. The molecule has 0 bridgehead atoms. The Bertz CT molecular complexity index is 117. The Balaban J connectivity index is 3.45. The molecule has 0 aromatic rings. The Labute approximate surface area is 88.1 Å². The maximum absolute atomic E-state index is 3.28. The van der Waals surface area contributed by atoms with Gasteiger partial charge in [0.15, 0.2) is 0 Å². The summed E-state index contributed by atoms with van der Waals surface area (Å²) >= 11 is 2.11. The van der Waals surface area contributed by atoms with Crippen LogP contribution in [0, 0.1) is 5.92 Å². The van der Waals surface area contributed by atoms with Gasteiger partial charge in [-0.3, -0.25) is 0 Å². The van der Waals surface area contributed by atoms with Crippen molar-refractivity contribution in [3.05, 3.63) is 0 Å². The highest BCUT2D eigenvalue weighted by molar-refractivity contribution is 7.99. The van der Waals surface area contributed by atoms with Gasteiger partial charge < -0.3 is 5.32 Å². The minimum absolute atomic E-state index is 0.652. The molecule has 0 saturated carbocycles. The molecule has 13 heavy (non-hydrogen) atoms. The van der Waals surface area contributed by atoms with Crippen LogP contribution >= 0.6 is 11.8 Å². The van der Waals surface area contributed by atoms with Crippen molar-refractivity contribution in [2.24, 2.45) is 5.92 Å². The van der Waals surface area contributed by atoms with E-state index in [0.717, 1.165) is 11.2 Å². The van der Waals surface area contributed by atoms with E-state index < -0.39 is 0 Å². The summed E-state index contributed by atoms with van der Waals surface area (Å²) in [6.07, 6.45) is 2.58. The lowest BCUT2D eigenvalue weighted by Gasteiger charge is -2.17. The van der Waals surface area contributed by atoms with Gasteiger partial charge in [0, 0.05) is 11.3 Å². The van der Waals surface area contributed by atoms with E-state index in [1.54, 1.807) is 0 Å². The Morgan fingerprint density at radius 3 is 2.31 bits per heavy atom. The van der Waals surface area contributed by atoms with Crippen LogP contribution in [0.2, 0.25) is 0 Å². The van der Waals surface area contributed by atoms with Crippen LogP contribution in [0.25, 0.3) is 0 Å². The summed E-state index contributed by atoms with van der Waals surface area (Å²) in [6.45, 7) is 9.19. The quantitative estimate of drug-likeness (QED) is 0.682. The fourth-order valence-corrected chi connectivity index (χ4v) is 2.45. The second-order valence-corrected chi connectivity index (χ2v) is 5.55. The van der Waals surface area contributed by atoms with Gasteiger partial charge >= 0.3 is 0 Å². The van der Waals surface area contributed by atoms with Gasteiger partial charge in [0.05, 0.1) is 0 Å². The zero-order valence-electron chi connectivity index (χ0n) is 9.76. The van der Waals surface area contributed by atoms with Crippen molar-refractivity contribution in [2.45, 2.75) is 51.8 Å². The predicted octanol–water partition coefficient (Wildman–Crippen LogP) is 3.15. The van der Waals surface area contributed by atoms with Crippen molar-refractivity contribution in [3.63, 3.8) is 0 Å². The molecule has 1 nitrogen and oxygen atoms in total. The molecule has 0 aliphatic rings. The molecule has 1 N–H and O–H groups in total. The van der Waals surface area contributed by atoms with E-state index in [9.17, 15) is 0 Å². The van der Waals surface area contributed by atoms with Crippen LogP contribution in [-0.4, -0.2) is 24.1 Å². The molecule has 0 spiro atoms. The fraction of sp³-hybridized carbons (Fsp3) is 1.00. The van der Waals surface area contributed by atoms with Gasteiger partial charge in [-0.1, -0.05) is 27.2 Å². The molecule has 0 aromatic heterocycles. The van der Waals surface area contributed by atoms with Crippen LogP contribution in [0.5, 0.6) is 0 Å². The molecular formula is C11H25NS. The third kappa shape index (κ3) is 7.39. The van der Waals surface area contributed by atoms with Crippen molar-refractivity contribution in [3.8, 4) is 0 Å². The van der Waals surface area contributed by atoms with Crippen molar-refractivity contribution in [1.82, 2.24) is 5.32 Å². The molecule has 0 fully saturated rings.